The van der Waals surface area contributed by atoms with E-state index in [1.165, 1.54) is 7.11 Å². The molecule has 132 valence electrons. The van der Waals surface area contributed by atoms with Crippen LogP contribution in [0.2, 0.25) is 0 Å². The van der Waals surface area contributed by atoms with Gasteiger partial charge in [-0.05, 0) is 19.9 Å². The summed E-state index contributed by atoms with van der Waals surface area (Å²) in [6, 6.07) is -0.399. The molecule has 0 aromatic heterocycles. The van der Waals surface area contributed by atoms with Gasteiger partial charge in [0.25, 0.3) is 0 Å². The summed E-state index contributed by atoms with van der Waals surface area (Å²) in [5, 5.41) is 6.10. The molecule has 0 bridgehead atoms. The van der Waals surface area contributed by atoms with Gasteiger partial charge in [-0.15, -0.1) is 12.6 Å². The van der Waals surface area contributed by atoms with Crippen molar-refractivity contribution in [1.29, 1.82) is 0 Å². The van der Waals surface area contributed by atoms with E-state index in [2.05, 4.69) is 23.0 Å². The first kappa shape index (κ1) is 19.7. The first-order chi connectivity index (χ1) is 10.9. The molecule has 7 atom stereocenters. The van der Waals surface area contributed by atoms with E-state index in [1.54, 1.807) is 0 Å². The Morgan fingerprint density at radius 2 is 2.04 bits per heavy atom. The molecule has 2 N–H and O–H groups in total. The third-order valence-corrected chi connectivity index (χ3v) is 6.22. The van der Waals surface area contributed by atoms with Gasteiger partial charge in [0.2, 0.25) is 0 Å². The van der Waals surface area contributed by atoms with Gasteiger partial charge >= 0.3 is 7.75 Å². The molecule has 7 nitrogen and oxygen atoms in total. The zero-order valence-electron chi connectivity index (χ0n) is 13.8. The molecule has 2 heterocycles. The van der Waals surface area contributed by atoms with Crippen molar-refractivity contribution < 1.29 is 23.1 Å². The van der Waals surface area contributed by atoms with Gasteiger partial charge in [0.15, 0.2) is 0 Å². The van der Waals surface area contributed by atoms with Crippen LogP contribution >= 0.6 is 20.4 Å². The zero-order valence-corrected chi connectivity index (χ0v) is 15.6. The Hall–Kier alpha value is 0.405. The molecule has 2 rings (SSSR count). The van der Waals surface area contributed by atoms with E-state index in [4.69, 9.17) is 26.4 Å². The molecule has 0 aromatic carbocycles. The third kappa shape index (κ3) is 5.19. The standard InChI is InChI=1S/C13H26BN2O5PS/c1-4-10-9(6-13(23)21-10)16-22(17,18-3)19-7-11-8(15-2)5-12(14)20-11/h8-13,15,23H,4-7H2,1-3H3,(H,16,17). The Bertz CT molecular complexity index is 435. The SMILES string of the molecule is [B]C1CC(NC)C(COP(=O)(NC2CC(S)OC2CC)OC)O1. The van der Waals surface area contributed by atoms with Gasteiger partial charge in [-0.3, -0.25) is 4.52 Å². The summed E-state index contributed by atoms with van der Waals surface area (Å²) in [5.41, 5.74) is -0.174. The highest BCUT2D eigenvalue weighted by Gasteiger charge is 2.39. The summed E-state index contributed by atoms with van der Waals surface area (Å²) >= 11 is 4.33. The fraction of sp³-hybridized carbons (Fsp3) is 1.00. The van der Waals surface area contributed by atoms with Gasteiger partial charge in [-0.25, -0.2) is 9.65 Å². The summed E-state index contributed by atoms with van der Waals surface area (Å²) < 4.78 is 34.7. The summed E-state index contributed by atoms with van der Waals surface area (Å²) in [6.45, 7) is 2.14. The van der Waals surface area contributed by atoms with E-state index in [-0.39, 0.29) is 42.3 Å². The lowest BCUT2D eigenvalue weighted by Crippen LogP contribution is -2.38. The predicted octanol–water partition coefficient (Wildman–Crippen LogP) is 1.04. The van der Waals surface area contributed by atoms with E-state index in [1.807, 2.05) is 14.0 Å². The minimum absolute atomic E-state index is 0.0641. The van der Waals surface area contributed by atoms with Gasteiger partial charge in [0.1, 0.15) is 13.3 Å². The van der Waals surface area contributed by atoms with Crippen molar-refractivity contribution in [3.8, 4) is 0 Å². The summed E-state index contributed by atoms with van der Waals surface area (Å²) in [6.07, 6.45) is 1.79. The highest BCUT2D eigenvalue weighted by Crippen LogP contribution is 2.46. The largest absolute Gasteiger partial charge is 0.405 e. The maximum absolute atomic E-state index is 12.8. The highest BCUT2D eigenvalue weighted by atomic mass is 32.1. The van der Waals surface area contributed by atoms with Crippen molar-refractivity contribution in [2.45, 2.75) is 61.9 Å². The molecule has 0 aromatic rings. The molecule has 2 fully saturated rings. The number of nitrogens with one attached hydrogen (secondary N) is 2. The van der Waals surface area contributed by atoms with Crippen LogP contribution < -0.4 is 10.4 Å². The maximum Gasteiger partial charge on any atom is 0.405 e. The Kier molecular flexibility index (Phi) is 7.44. The van der Waals surface area contributed by atoms with Crippen molar-refractivity contribution in [1.82, 2.24) is 10.4 Å². The predicted molar refractivity (Wildman–Crippen MR) is 91.9 cm³/mol. The number of likely N-dealkylation sites (N-methyl/N-ethyl adjacent to an activating group) is 1. The van der Waals surface area contributed by atoms with Gasteiger partial charge in [-0.1, -0.05) is 6.92 Å². The van der Waals surface area contributed by atoms with Crippen LogP contribution in [0.4, 0.5) is 0 Å². The van der Waals surface area contributed by atoms with E-state index < -0.39 is 7.75 Å². The second kappa shape index (κ2) is 8.67. The molecule has 2 aliphatic heterocycles. The monoisotopic (exact) mass is 364 g/mol. The number of ether oxygens (including phenoxy) is 2. The normalized spacial score (nSPS) is 40.3. The van der Waals surface area contributed by atoms with Crippen molar-refractivity contribution in [2.24, 2.45) is 0 Å². The molecule has 2 saturated heterocycles. The molecule has 7 unspecified atom stereocenters. The molecule has 0 aliphatic carbocycles. The van der Waals surface area contributed by atoms with Crippen molar-refractivity contribution in [3.63, 3.8) is 0 Å². The van der Waals surface area contributed by atoms with Crippen molar-refractivity contribution >= 4 is 28.2 Å². The smallest absolute Gasteiger partial charge is 0.381 e. The second-order valence-electron chi connectivity index (χ2n) is 5.83. The fourth-order valence-corrected chi connectivity index (χ4v) is 4.68. The van der Waals surface area contributed by atoms with E-state index >= 15 is 0 Å². The summed E-state index contributed by atoms with van der Waals surface area (Å²) in [5.74, 6) is 0. The Morgan fingerprint density at radius 1 is 1.30 bits per heavy atom. The van der Waals surface area contributed by atoms with Crippen molar-refractivity contribution in [2.75, 3.05) is 20.8 Å². The van der Waals surface area contributed by atoms with Crippen LogP contribution in [-0.4, -0.2) is 64.3 Å². The zero-order chi connectivity index (χ0) is 17.0. The number of thiol groups is 1. The third-order valence-electron chi connectivity index (χ3n) is 4.27. The van der Waals surface area contributed by atoms with Gasteiger partial charge in [0.05, 0.1) is 18.8 Å². The Labute approximate surface area is 144 Å². The average Bonchev–Trinajstić information content (AvgIpc) is 3.06. The van der Waals surface area contributed by atoms with Crippen LogP contribution in [0, 0.1) is 0 Å². The molecule has 0 saturated carbocycles. The molecule has 0 amide bonds. The lowest BCUT2D eigenvalue weighted by molar-refractivity contribution is 0.0351. The molecule has 2 aliphatic rings. The van der Waals surface area contributed by atoms with Crippen LogP contribution in [0.25, 0.3) is 0 Å². The van der Waals surface area contributed by atoms with Crippen LogP contribution in [0.3, 0.4) is 0 Å². The van der Waals surface area contributed by atoms with Gasteiger partial charge in [0, 0.05) is 31.6 Å². The maximum atomic E-state index is 12.8. The minimum atomic E-state index is -3.45. The lowest BCUT2D eigenvalue weighted by Gasteiger charge is -2.26. The number of hydrogen-bond donors (Lipinski definition) is 3. The molecular formula is C13H26BN2O5PS. The fourth-order valence-electron chi connectivity index (χ4n) is 2.99. The second-order valence-corrected chi connectivity index (χ2v) is 8.28. The Morgan fingerprint density at radius 3 is 2.65 bits per heavy atom. The van der Waals surface area contributed by atoms with E-state index in [0.29, 0.717) is 12.8 Å². The minimum Gasteiger partial charge on any atom is -0.381 e. The van der Waals surface area contributed by atoms with E-state index in [9.17, 15) is 4.57 Å². The first-order valence-electron chi connectivity index (χ1n) is 7.90. The molecule has 2 radical (unpaired) electrons. The quantitative estimate of drug-likeness (QED) is 0.338. The first-order valence-corrected chi connectivity index (χ1v) is 9.96. The molecule has 10 heteroatoms. The van der Waals surface area contributed by atoms with Gasteiger partial charge in [-0.2, -0.15) is 0 Å². The lowest BCUT2D eigenvalue weighted by atomic mass is 9.95. The van der Waals surface area contributed by atoms with Crippen LogP contribution in [0.15, 0.2) is 0 Å². The summed E-state index contributed by atoms with van der Waals surface area (Å²) in [4.78, 5) is 0. The van der Waals surface area contributed by atoms with Crippen LogP contribution in [0.1, 0.15) is 26.2 Å². The topological polar surface area (TPSA) is 78.1 Å². The van der Waals surface area contributed by atoms with Crippen LogP contribution in [0.5, 0.6) is 0 Å². The number of hydrogen-bond acceptors (Lipinski definition) is 7. The van der Waals surface area contributed by atoms with Crippen LogP contribution in [-0.2, 0) is 23.1 Å². The highest BCUT2D eigenvalue weighted by molar-refractivity contribution is 7.80. The molecule has 0 spiro atoms. The molecule has 23 heavy (non-hydrogen) atoms. The number of rotatable bonds is 8. The summed E-state index contributed by atoms with van der Waals surface area (Å²) in [7, 11) is 5.54. The average molecular weight is 364 g/mol. The van der Waals surface area contributed by atoms with Crippen molar-refractivity contribution in [3.05, 3.63) is 0 Å². The Balaban J connectivity index is 1.91. The van der Waals surface area contributed by atoms with E-state index in [0.717, 1.165) is 6.42 Å². The van der Waals surface area contributed by atoms with Gasteiger partial charge < -0.3 is 19.3 Å². The molecular weight excluding hydrogens is 338 g/mol.